The van der Waals surface area contributed by atoms with Gasteiger partial charge in [0.2, 0.25) is 6.54 Å². The predicted molar refractivity (Wildman–Crippen MR) is 23.5 cm³/mol. The van der Waals surface area contributed by atoms with Crippen molar-refractivity contribution in [1.29, 1.82) is 0 Å². The van der Waals surface area contributed by atoms with E-state index in [1.165, 1.54) is 6.92 Å². The van der Waals surface area contributed by atoms with Crippen molar-refractivity contribution < 1.29 is 10.0 Å². The summed E-state index contributed by atoms with van der Waals surface area (Å²) in [7, 11) is 0. The van der Waals surface area contributed by atoms with Gasteiger partial charge in [-0.05, 0) is 6.92 Å². The molecule has 4 nitrogen and oxygen atoms in total. The maximum absolute atomic E-state index is 9.46. The van der Waals surface area contributed by atoms with Gasteiger partial charge in [-0.3, -0.25) is 10.1 Å². The molecule has 0 unspecified atom stereocenters. The van der Waals surface area contributed by atoms with Crippen LogP contribution in [0.1, 0.15) is 6.92 Å². The van der Waals surface area contributed by atoms with Crippen molar-refractivity contribution in [2.75, 3.05) is 6.54 Å². The molecule has 0 heterocycles. The van der Waals surface area contributed by atoms with Gasteiger partial charge in [-0.25, -0.2) is 0 Å². The second kappa shape index (κ2) is 2.52. The van der Waals surface area contributed by atoms with Crippen LogP contribution >= 0.6 is 0 Å². The van der Waals surface area contributed by atoms with Gasteiger partial charge < -0.3 is 5.11 Å². The Balaban J connectivity index is 3.13. The normalized spacial score (nSPS) is 13.4. The summed E-state index contributed by atoms with van der Waals surface area (Å²) >= 11 is 0. The Hall–Kier alpha value is -0.640. The first-order chi connectivity index (χ1) is 3.13. The van der Waals surface area contributed by atoms with Gasteiger partial charge >= 0.3 is 0 Å². The van der Waals surface area contributed by atoms with Gasteiger partial charge in [-0.15, -0.1) is 0 Å². The van der Waals surface area contributed by atoms with Gasteiger partial charge in [0, 0.05) is 4.92 Å². The average Bonchev–Trinajstić information content (AvgIpc) is 1.27. The molecule has 0 amide bonds. The zero-order valence-electron chi connectivity index (χ0n) is 4.00. The molecule has 1 atom stereocenters. The van der Waals surface area contributed by atoms with Crippen LogP contribution in [0.5, 0.6) is 0 Å². The van der Waals surface area contributed by atoms with Crippen LogP contribution in [0.25, 0.3) is 0 Å². The molecule has 0 fully saturated rings. The van der Waals surface area contributed by atoms with Crippen molar-refractivity contribution in [3.8, 4) is 0 Å². The number of aliphatic hydroxyl groups is 1. The first-order valence-corrected chi connectivity index (χ1v) is 1.93. The van der Waals surface area contributed by atoms with E-state index < -0.39 is 11.0 Å². The zero-order chi connectivity index (χ0) is 5.86. The Bertz CT molecular complexity index is 70.6. The van der Waals surface area contributed by atoms with Crippen molar-refractivity contribution in [1.82, 2.24) is 0 Å². The molecule has 7 heavy (non-hydrogen) atoms. The van der Waals surface area contributed by atoms with E-state index in [1.54, 1.807) is 0 Å². The summed E-state index contributed by atoms with van der Waals surface area (Å²) in [6, 6.07) is 0. The minimum Gasteiger partial charge on any atom is -0.387 e. The van der Waals surface area contributed by atoms with Gasteiger partial charge in [0.25, 0.3) is 0 Å². The van der Waals surface area contributed by atoms with Crippen LogP contribution in [0.4, 0.5) is 0 Å². The molecule has 42 valence electrons. The van der Waals surface area contributed by atoms with Gasteiger partial charge in [0.15, 0.2) is 0 Å². The lowest BCUT2D eigenvalue weighted by Crippen LogP contribution is -2.14. The molecule has 0 aliphatic carbocycles. The molecule has 4 heteroatoms. The number of nitro groups is 1. The quantitative estimate of drug-likeness (QED) is 0.385. The van der Waals surface area contributed by atoms with E-state index >= 15 is 0 Å². The number of hydrogen-bond donors (Lipinski definition) is 1. The van der Waals surface area contributed by atoms with Crippen LogP contribution in [0.15, 0.2) is 0 Å². The third kappa shape index (κ3) is 5.36. The maximum Gasteiger partial charge on any atom is 0.229 e. The fraction of sp³-hybridized carbons (Fsp3) is 1.00. The van der Waals surface area contributed by atoms with Crippen molar-refractivity contribution in [2.45, 2.75) is 13.0 Å². The summed E-state index contributed by atoms with van der Waals surface area (Å²) in [5, 5.41) is 17.7. The van der Waals surface area contributed by atoms with Crippen molar-refractivity contribution in [3.05, 3.63) is 10.1 Å². The lowest BCUT2D eigenvalue weighted by Gasteiger charge is -1.92. The third-order valence-corrected chi connectivity index (χ3v) is 0.413. The van der Waals surface area contributed by atoms with Gasteiger partial charge in [-0.1, -0.05) is 0 Å². The Morgan fingerprint density at radius 2 is 2.43 bits per heavy atom. The fourth-order valence-corrected chi connectivity index (χ4v) is 0.216. The SMILES string of the molecule is C[C@H](O)C[N+](=O)[O-]. The molecule has 0 aromatic rings. The van der Waals surface area contributed by atoms with Crippen LogP contribution in [-0.4, -0.2) is 22.7 Å². The Morgan fingerprint density at radius 1 is 2.00 bits per heavy atom. The predicted octanol–water partition coefficient (Wildman–Crippen LogP) is -0.356. The third-order valence-electron chi connectivity index (χ3n) is 0.413. The van der Waals surface area contributed by atoms with Crippen molar-refractivity contribution >= 4 is 0 Å². The molecule has 0 spiro atoms. The van der Waals surface area contributed by atoms with Gasteiger partial charge in [0.05, 0.1) is 0 Å². The summed E-state index contributed by atoms with van der Waals surface area (Å²) in [5.74, 6) is 0. The number of nitrogens with zero attached hydrogens (tertiary/aromatic N) is 1. The standard InChI is InChI=1S/C3H7NO3/c1-3(5)2-4(6)7/h3,5H,2H2,1H3/t3-/m0/s1. The minimum absolute atomic E-state index is 0.361. The average molecular weight is 105 g/mol. The second-order valence-corrected chi connectivity index (χ2v) is 1.36. The highest BCUT2D eigenvalue weighted by Gasteiger charge is 2.01. The smallest absolute Gasteiger partial charge is 0.229 e. The molecule has 0 aliphatic heterocycles. The fourth-order valence-electron chi connectivity index (χ4n) is 0.216. The molecule has 0 aromatic carbocycles. The van der Waals surface area contributed by atoms with E-state index in [2.05, 4.69) is 0 Å². The summed E-state index contributed by atoms with van der Waals surface area (Å²) in [4.78, 5) is 8.90. The van der Waals surface area contributed by atoms with Crippen LogP contribution < -0.4 is 0 Å². The number of aliphatic hydroxyl groups excluding tert-OH is 1. The Morgan fingerprint density at radius 3 is 2.43 bits per heavy atom. The van der Waals surface area contributed by atoms with Gasteiger partial charge in [-0.2, -0.15) is 0 Å². The highest BCUT2D eigenvalue weighted by Crippen LogP contribution is 1.77. The van der Waals surface area contributed by atoms with Crippen LogP contribution in [-0.2, 0) is 0 Å². The lowest BCUT2D eigenvalue weighted by atomic mass is 10.4. The molecule has 0 aromatic heterocycles. The van der Waals surface area contributed by atoms with Crippen molar-refractivity contribution in [2.24, 2.45) is 0 Å². The summed E-state index contributed by atoms with van der Waals surface area (Å²) in [6.45, 7) is 1.02. The first-order valence-electron chi connectivity index (χ1n) is 1.93. The molecule has 0 rings (SSSR count). The van der Waals surface area contributed by atoms with Crippen LogP contribution in [0, 0.1) is 10.1 Å². The molecular formula is C3H7NO3. The maximum atomic E-state index is 9.46. The zero-order valence-corrected chi connectivity index (χ0v) is 4.00. The minimum atomic E-state index is -0.824. The highest BCUT2D eigenvalue weighted by molar-refractivity contribution is 4.37. The lowest BCUT2D eigenvalue weighted by molar-refractivity contribution is -0.489. The van der Waals surface area contributed by atoms with Gasteiger partial charge in [0.1, 0.15) is 6.10 Å². The van der Waals surface area contributed by atoms with Crippen LogP contribution in [0.3, 0.4) is 0 Å². The summed E-state index contributed by atoms with van der Waals surface area (Å²) in [5.41, 5.74) is 0. The topological polar surface area (TPSA) is 63.4 Å². The molecule has 0 radical (unpaired) electrons. The van der Waals surface area contributed by atoms with E-state index in [9.17, 15) is 10.1 Å². The van der Waals surface area contributed by atoms with E-state index in [4.69, 9.17) is 5.11 Å². The Labute approximate surface area is 40.9 Å². The molecule has 0 aliphatic rings. The first kappa shape index (κ1) is 6.36. The monoisotopic (exact) mass is 105 g/mol. The second-order valence-electron chi connectivity index (χ2n) is 1.36. The summed E-state index contributed by atoms with van der Waals surface area (Å²) in [6.07, 6.45) is -0.824. The van der Waals surface area contributed by atoms with E-state index in [1.807, 2.05) is 0 Å². The largest absolute Gasteiger partial charge is 0.387 e. The molecule has 0 saturated heterocycles. The molecular weight excluding hydrogens is 98.0 g/mol. The number of rotatable bonds is 2. The van der Waals surface area contributed by atoms with E-state index in [-0.39, 0.29) is 6.54 Å². The molecule has 1 N–H and O–H groups in total. The van der Waals surface area contributed by atoms with Crippen LogP contribution in [0.2, 0.25) is 0 Å². The highest BCUT2D eigenvalue weighted by atomic mass is 16.6. The van der Waals surface area contributed by atoms with E-state index in [0.29, 0.717) is 0 Å². The van der Waals surface area contributed by atoms with Crippen molar-refractivity contribution in [3.63, 3.8) is 0 Å². The Kier molecular flexibility index (Phi) is 2.29. The summed E-state index contributed by atoms with van der Waals surface area (Å²) < 4.78 is 0. The molecule has 0 saturated carbocycles. The number of hydrogen-bond acceptors (Lipinski definition) is 3. The molecule has 0 bridgehead atoms. The van der Waals surface area contributed by atoms with E-state index in [0.717, 1.165) is 0 Å².